The number of halogens is 2. The van der Waals surface area contributed by atoms with Crippen molar-refractivity contribution in [1.29, 1.82) is 0 Å². The number of rotatable bonds is 5. The van der Waals surface area contributed by atoms with Crippen LogP contribution in [0, 0.1) is 3.57 Å². The third kappa shape index (κ3) is 4.53. The van der Waals surface area contributed by atoms with Crippen LogP contribution in [0.4, 0.5) is 5.69 Å². The van der Waals surface area contributed by atoms with E-state index in [2.05, 4.69) is 43.8 Å². The number of carbonyl (C=O) groups excluding carboxylic acids is 2. The lowest BCUT2D eigenvalue weighted by Crippen LogP contribution is -2.21. The Balaban J connectivity index is 1.99. The first kappa shape index (κ1) is 16.0. The molecule has 2 aromatic rings. The average Bonchev–Trinajstić information content (AvgIpc) is 2.48. The lowest BCUT2D eigenvalue weighted by atomic mass is 10.2. The van der Waals surface area contributed by atoms with E-state index in [-0.39, 0.29) is 12.5 Å². The Morgan fingerprint density at radius 3 is 2.76 bits per heavy atom. The molecule has 108 valence electrons. The summed E-state index contributed by atoms with van der Waals surface area (Å²) in [5, 5.41) is 2.76. The normalized spacial score (nSPS) is 10.0. The van der Waals surface area contributed by atoms with Gasteiger partial charge in [0.25, 0.3) is 5.91 Å². The zero-order chi connectivity index (χ0) is 15.2. The molecule has 2 aromatic carbocycles. The first-order valence-electron chi connectivity index (χ1n) is 6.02. The molecule has 21 heavy (non-hydrogen) atoms. The third-order valence-corrected chi connectivity index (χ3v) is 4.04. The van der Waals surface area contributed by atoms with Crippen molar-refractivity contribution in [3.05, 3.63) is 56.1 Å². The van der Waals surface area contributed by atoms with Crippen molar-refractivity contribution in [2.75, 3.05) is 11.9 Å². The van der Waals surface area contributed by atoms with Gasteiger partial charge in [-0.2, -0.15) is 0 Å². The van der Waals surface area contributed by atoms with Crippen LogP contribution < -0.4 is 10.1 Å². The van der Waals surface area contributed by atoms with Gasteiger partial charge in [0.2, 0.25) is 0 Å². The molecule has 0 unspecified atom stereocenters. The van der Waals surface area contributed by atoms with E-state index in [1.807, 2.05) is 24.3 Å². The smallest absolute Gasteiger partial charge is 0.262 e. The van der Waals surface area contributed by atoms with Gasteiger partial charge in [-0.15, -0.1) is 0 Å². The minimum Gasteiger partial charge on any atom is -0.483 e. The number of hydrogen-bond donors (Lipinski definition) is 1. The first-order valence-corrected chi connectivity index (χ1v) is 7.89. The molecule has 0 atom stereocenters. The number of nitrogens with one attached hydrogen (secondary N) is 1. The molecule has 6 heteroatoms. The average molecular weight is 460 g/mol. The largest absolute Gasteiger partial charge is 0.483 e. The molecular weight excluding hydrogens is 449 g/mol. The minimum absolute atomic E-state index is 0.159. The maximum absolute atomic E-state index is 11.9. The highest BCUT2D eigenvalue weighted by Crippen LogP contribution is 2.22. The molecule has 2 rings (SSSR count). The molecule has 0 spiro atoms. The summed E-state index contributed by atoms with van der Waals surface area (Å²) in [6, 6.07) is 12.5. The lowest BCUT2D eigenvalue weighted by molar-refractivity contribution is -0.118. The van der Waals surface area contributed by atoms with Crippen LogP contribution >= 0.6 is 38.5 Å². The first-order chi connectivity index (χ1) is 10.1. The van der Waals surface area contributed by atoms with Crippen molar-refractivity contribution in [2.24, 2.45) is 0 Å². The fourth-order valence-corrected chi connectivity index (χ4v) is 2.54. The van der Waals surface area contributed by atoms with Gasteiger partial charge in [-0.3, -0.25) is 9.59 Å². The summed E-state index contributed by atoms with van der Waals surface area (Å²) in [4.78, 5) is 22.8. The number of ether oxygens (including phenoxy) is 1. The molecule has 0 saturated carbocycles. The van der Waals surface area contributed by atoms with E-state index >= 15 is 0 Å². The molecule has 0 aliphatic rings. The molecule has 0 aliphatic heterocycles. The van der Waals surface area contributed by atoms with Crippen molar-refractivity contribution >= 4 is 56.4 Å². The molecule has 0 aliphatic carbocycles. The quantitative estimate of drug-likeness (QED) is 0.545. The fourth-order valence-electron chi connectivity index (χ4n) is 1.64. The van der Waals surface area contributed by atoms with Gasteiger partial charge in [0.15, 0.2) is 12.9 Å². The van der Waals surface area contributed by atoms with Crippen LogP contribution in [0.25, 0.3) is 0 Å². The van der Waals surface area contributed by atoms with Crippen LogP contribution in [0.15, 0.2) is 46.9 Å². The summed E-state index contributed by atoms with van der Waals surface area (Å²) in [6.45, 7) is -0.159. The Hall–Kier alpha value is -1.41. The minimum atomic E-state index is -0.279. The van der Waals surface area contributed by atoms with E-state index in [4.69, 9.17) is 4.74 Å². The molecule has 1 amide bonds. The van der Waals surface area contributed by atoms with Crippen LogP contribution in [-0.4, -0.2) is 18.8 Å². The summed E-state index contributed by atoms with van der Waals surface area (Å²) in [6.07, 6.45) is 0.693. The Labute approximate surface area is 144 Å². The molecule has 1 N–H and O–H groups in total. The summed E-state index contributed by atoms with van der Waals surface area (Å²) in [5.41, 5.74) is 1.13. The van der Waals surface area contributed by atoms with Crippen molar-refractivity contribution in [3.63, 3.8) is 0 Å². The van der Waals surface area contributed by atoms with Gasteiger partial charge in [0.1, 0.15) is 5.75 Å². The molecule has 0 saturated heterocycles. The molecule has 0 radical (unpaired) electrons. The molecular formula is C15H11BrINO3. The molecule has 0 fully saturated rings. The summed E-state index contributed by atoms with van der Waals surface area (Å²) >= 11 is 5.42. The van der Waals surface area contributed by atoms with E-state index in [9.17, 15) is 9.59 Å². The zero-order valence-corrected chi connectivity index (χ0v) is 14.6. The van der Waals surface area contributed by atoms with E-state index in [0.717, 1.165) is 13.7 Å². The zero-order valence-electron chi connectivity index (χ0n) is 10.8. The van der Waals surface area contributed by atoms with Gasteiger partial charge >= 0.3 is 0 Å². The highest BCUT2D eigenvalue weighted by atomic mass is 127. The molecule has 4 nitrogen and oxygen atoms in total. The van der Waals surface area contributed by atoms with Crippen LogP contribution in [0.1, 0.15) is 10.4 Å². The van der Waals surface area contributed by atoms with Gasteiger partial charge in [0.05, 0.1) is 11.3 Å². The number of anilines is 1. The Kier molecular flexibility index (Phi) is 5.75. The second-order valence-corrected chi connectivity index (χ2v) is 6.19. The number of amides is 1. The Morgan fingerprint density at radius 2 is 2.05 bits per heavy atom. The molecule has 0 heterocycles. The van der Waals surface area contributed by atoms with Gasteiger partial charge in [-0.25, -0.2) is 0 Å². The summed E-state index contributed by atoms with van der Waals surface area (Å²) in [5.74, 6) is 0.102. The maximum atomic E-state index is 11.9. The monoisotopic (exact) mass is 459 g/mol. The van der Waals surface area contributed by atoms with Crippen molar-refractivity contribution in [1.82, 2.24) is 0 Å². The number of hydrogen-bond acceptors (Lipinski definition) is 3. The van der Waals surface area contributed by atoms with Gasteiger partial charge in [0, 0.05) is 8.04 Å². The highest BCUT2D eigenvalue weighted by molar-refractivity contribution is 14.1. The Morgan fingerprint density at radius 1 is 1.29 bits per heavy atom. The fraction of sp³-hybridized carbons (Fsp3) is 0.0667. The third-order valence-electron chi connectivity index (χ3n) is 2.61. The van der Waals surface area contributed by atoms with Gasteiger partial charge < -0.3 is 10.1 Å². The second-order valence-electron chi connectivity index (χ2n) is 4.12. The number of para-hydroxylation sites is 1. The number of carbonyl (C=O) groups is 2. The predicted molar refractivity (Wildman–Crippen MR) is 92.8 cm³/mol. The van der Waals surface area contributed by atoms with Crippen LogP contribution in [0.2, 0.25) is 0 Å². The van der Waals surface area contributed by atoms with E-state index in [1.54, 1.807) is 18.2 Å². The van der Waals surface area contributed by atoms with E-state index < -0.39 is 0 Å². The summed E-state index contributed by atoms with van der Waals surface area (Å²) < 4.78 is 7.11. The number of aldehydes is 1. The molecule has 0 bridgehead atoms. The summed E-state index contributed by atoms with van der Waals surface area (Å²) in [7, 11) is 0. The van der Waals surface area contributed by atoms with Crippen LogP contribution in [0.5, 0.6) is 5.75 Å². The van der Waals surface area contributed by atoms with Crippen molar-refractivity contribution < 1.29 is 14.3 Å². The van der Waals surface area contributed by atoms with Crippen molar-refractivity contribution in [3.8, 4) is 5.75 Å². The van der Waals surface area contributed by atoms with Crippen LogP contribution in [-0.2, 0) is 4.79 Å². The Bertz CT molecular complexity index is 676. The van der Waals surface area contributed by atoms with Gasteiger partial charge in [-0.1, -0.05) is 28.1 Å². The van der Waals surface area contributed by atoms with Crippen LogP contribution in [0.3, 0.4) is 0 Å². The van der Waals surface area contributed by atoms with Crippen molar-refractivity contribution in [2.45, 2.75) is 0 Å². The van der Waals surface area contributed by atoms with E-state index in [0.29, 0.717) is 17.6 Å². The topological polar surface area (TPSA) is 55.4 Å². The highest BCUT2D eigenvalue weighted by Gasteiger charge is 2.08. The lowest BCUT2D eigenvalue weighted by Gasteiger charge is -2.10. The SMILES string of the molecule is O=Cc1cc(Br)ccc1OCC(=O)Nc1ccccc1I. The number of benzene rings is 2. The molecule has 0 aromatic heterocycles. The maximum Gasteiger partial charge on any atom is 0.262 e. The standard InChI is InChI=1S/C15H11BrINO3/c16-11-5-6-14(10(7-11)8-19)21-9-15(20)18-13-4-2-1-3-12(13)17/h1-8H,9H2,(H,18,20). The second kappa shape index (κ2) is 7.56. The van der Waals surface area contributed by atoms with Gasteiger partial charge in [-0.05, 0) is 52.9 Å². The van der Waals surface area contributed by atoms with E-state index in [1.165, 1.54) is 0 Å². The predicted octanol–water partition coefficient (Wildman–Crippen LogP) is 3.88.